The summed E-state index contributed by atoms with van der Waals surface area (Å²) in [6, 6.07) is 0. The van der Waals surface area contributed by atoms with E-state index in [1.165, 1.54) is 38.5 Å². The van der Waals surface area contributed by atoms with E-state index in [0.29, 0.717) is 17.3 Å². The van der Waals surface area contributed by atoms with E-state index in [1.807, 2.05) is 0 Å². The average molecular weight is 238 g/mol. The maximum absolute atomic E-state index is 9.70. The van der Waals surface area contributed by atoms with Gasteiger partial charge in [-0.1, -0.05) is 20.3 Å². The minimum atomic E-state index is -0.274. The van der Waals surface area contributed by atoms with Crippen LogP contribution in [0.2, 0.25) is 0 Å². The van der Waals surface area contributed by atoms with Crippen molar-refractivity contribution in [3.63, 3.8) is 0 Å². The van der Waals surface area contributed by atoms with Crippen molar-refractivity contribution < 1.29 is 9.84 Å². The van der Waals surface area contributed by atoms with E-state index in [-0.39, 0.29) is 17.8 Å². The molecule has 0 aromatic rings. The van der Waals surface area contributed by atoms with Gasteiger partial charge in [0.1, 0.15) is 0 Å². The quantitative estimate of drug-likeness (QED) is 0.760. The topological polar surface area (TPSA) is 29.5 Å². The van der Waals surface area contributed by atoms with Crippen molar-refractivity contribution in [3.8, 4) is 0 Å². The van der Waals surface area contributed by atoms with Gasteiger partial charge in [-0.2, -0.15) is 0 Å². The smallest absolute Gasteiger partial charge is 0.0921 e. The Bertz CT molecular complexity index is 329. The summed E-state index contributed by atoms with van der Waals surface area (Å²) < 4.78 is 6.58. The fourth-order valence-corrected chi connectivity index (χ4v) is 5.03. The molecule has 5 atom stereocenters. The molecule has 0 aromatic heterocycles. The lowest BCUT2D eigenvalue weighted by Gasteiger charge is -2.55. The van der Waals surface area contributed by atoms with Crippen molar-refractivity contribution in [1.29, 1.82) is 0 Å². The zero-order chi connectivity index (χ0) is 12.3. The summed E-state index contributed by atoms with van der Waals surface area (Å²) in [4.78, 5) is 0. The zero-order valence-corrected chi connectivity index (χ0v) is 11.5. The first-order chi connectivity index (χ1) is 7.96. The van der Waals surface area contributed by atoms with Crippen LogP contribution < -0.4 is 0 Å². The summed E-state index contributed by atoms with van der Waals surface area (Å²) in [5.41, 5.74) is 0.142. The second-order valence-corrected chi connectivity index (χ2v) is 7.26. The second-order valence-electron chi connectivity index (χ2n) is 7.26. The first kappa shape index (κ1) is 12.0. The molecule has 17 heavy (non-hydrogen) atoms. The Hall–Kier alpha value is -0.0800. The molecule has 3 aliphatic rings. The Labute approximate surface area is 105 Å². The predicted octanol–water partition coefficient (Wildman–Crippen LogP) is 3.13. The van der Waals surface area contributed by atoms with Gasteiger partial charge >= 0.3 is 0 Å². The Kier molecular flexibility index (Phi) is 2.45. The van der Waals surface area contributed by atoms with Gasteiger partial charge in [0, 0.05) is 0 Å². The number of ether oxygens (including phenoxy) is 1. The molecule has 0 amide bonds. The Balaban J connectivity index is 2.02. The molecule has 98 valence electrons. The molecule has 2 heteroatoms. The van der Waals surface area contributed by atoms with Crippen LogP contribution >= 0.6 is 0 Å². The molecule has 1 heterocycles. The molecule has 0 aromatic carbocycles. The van der Waals surface area contributed by atoms with Crippen molar-refractivity contribution in [2.24, 2.45) is 17.3 Å². The number of hydrogen-bond donors (Lipinski definition) is 1. The van der Waals surface area contributed by atoms with Crippen molar-refractivity contribution >= 4 is 0 Å². The lowest BCUT2D eigenvalue weighted by molar-refractivity contribution is -0.204. The minimum Gasteiger partial charge on any atom is -0.393 e. The molecule has 1 saturated heterocycles. The number of rotatable bonds is 1. The summed E-state index contributed by atoms with van der Waals surface area (Å²) in [6.07, 6.45) is 7.67. The molecule has 1 aliphatic heterocycles. The third-order valence-corrected chi connectivity index (χ3v) is 6.37. The van der Waals surface area contributed by atoms with Crippen LogP contribution in [0.3, 0.4) is 0 Å². The summed E-state index contributed by atoms with van der Waals surface area (Å²) >= 11 is 0. The van der Waals surface area contributed by atoms with Gasteiger partial charge in [0.15, 0.2) is 0 Å². The third-order valence-electron chi connectivity index (χ3n) is 6.37. The van der Waals surface area contributed by atoms with Crippen LogP contribution in [0.25, 0.3) is 0 Å². The van der Waals surface area contributed by atoms with Crippen molar-refractivity contribution in [2.45, 2.75) is 70.5 Å². The van der Waals surface area contributed by atoms with Crippen LogP contribution in [0, 0.1) is 17.3 Å². The van der Waals surface area contributed by atoms with Gasteiger partial charge in [0.2, 0.25) is 0 Å². The molecular formula is C15H26O2. The molecule has 2 nitrogen and oxygen atoms in total. The lowest BCUT2D eigenvalue weighted by atomic mass is 9.53. The van der Waals surface area contributed by atoms with Gasteiger partial charge in [-0.15, -0.1) is 0 Å². The summed E-state index contributed by atoms with van der Waals surface area (Å²) in [7, 11) is 0. The first-order valence-electron chi connectivity index (χ1n) is 7.27. The number of aliphatic hydroxyl groups is 1. The van der Waals surface area contributed by atoms with E-state index in [0.717, 1.165) is 0 Å². The monoisotopic (exact) mass is 238 g/mol. The largest absolute Gasteiger partial charge is 0.393 e. The molecule has 1 spiro atoms. The molecule has 2 aliphatic carbocycles. The van der Waals surface area contributed by atoms with Crippen LogP contribution in [0.4, 0.5) is 0 Å². The van der Waals surface area contributed by atoms with Gasteiger partial charge in [-0.25, -0.2) is 0 Å². The highest BCUT2D eigenvalue weighted by Crippen LogP contribution is 2.65. The van der Waals surface area contributed by atoms with Crippen LogP contribution in [0.5, 0.6) is 0 Å². The average Bonchev–Trinajstić information content (AvgIpc) is 2.56. The summed E-state index contributed by atoms with van der Waals surface area (Å²) in [6.45, 7) is 7.10. The van der Waals surface area contributed by atoms with E-state index in [2.05, 4.69) is 20.8 Å². The third kappa shape index (κ3) is 1.34. The van der Waals surface area contributed by atoms with Crippen LogP contribution in [0.1, 0.15) is 59.3 Å². The normalized spacial score (nSPS) is 57.9. The fraction of sp³-hybridized carbons (Fsp3) is 1.00. The Morgan fingerprint density at radius 3 is 2.71 bits per heavy atom. The highest BCUT2D eigenvalue weighted by molar-refractivity contribution is 5.15. The second kappa shape index (κ2) is 3.48. The summed E-state index contributed by atoms with van der Waals surface area (Å²) in [5.74, 6) is 1.22. The predicted molar refractivity (Wildman–Crippen MR) is 67.8 cm³/mol. The Morgan fingerprint density at radius 1 is 1.24 bits per heavy atom. The van der Waals surface area contributed by atoms with Gasteiger partial charge < -0.3 is 9.84 Å². The van der Waals surface area contributed by atoms with Crippen LogP contribution in [-0.4, -0.2) is 22.9 Å². The minimum absolute atomic E-state index is 0.0612. The molecule has 3 fully saturated rings. The van der Waals surface area contributed by atoms with E-state index in [4.69, 9.17) is 4.74 Å². The van der Waals surface area contributed by atoms with Gasteiger partial charge in [0.05, 0.1) is 17.8 Å². The highest BCUT2D eigenvalue weighted by Gasteiger charge is 2.66. The van der Waals surface area contributed by atoms with Crippen molar-refractivity contribution in [2.75, 3.05) is 6.61 Å². The lowest BCUT2D eigenvalue weighted by Crippen LogP contribution is -2.55. The van der Waals surface area contributed by atoms with Gasteiger partial charge in [-0.05, 0) is 56.3 Å². The standard InChI is InChI=1S/C15H26O2/c1-11-5-4-7-13(2)8-6-12-9-15(11,13)17-14(12,3)10-16/h11-12,16H,4-10H2,1-3H3/t11-,12+,13-,14-,15-/m0/s1. The highest BCUT2D eigenvalue weighted by atomic mass is 16.5. The van der Waals surface area contributed by atoms with Crippen molar-refractivity contribution in [1.82, 2.24) is 0 Å². The first-order valence-corrected chi connectivity index (χ1v) is 7.27. The van der Waals surface area contributed by atoms with Crippen molar-refractivity contribution in [3.05, 3.63) is 0 Å². The molecule has 2 bridgehead atoms. The maximum atomic E-state index is 9.70. The number of hydrogen-bond acceptors (Lipinski definition) is 2. The maximum Gasteiger partial charge on any atom is 0.0921 e. The summed E-state index contributed by atoms with van der Waals surface area (Å²) in [5, 5.41) is 9.70. The van der Waals surface area contributed by atoms with E-state index in [9.17, 15) is 5.11 Å². The van der Waals surface area contributed by atoms with Crippen LogP contribution in [-0.2, 0) is 4.74 Å². The van der Waals surface area contributed by atoms with E-state index >= 15 is 0 Å². The van der Waals surface area contributed by atoms with Gasteiger partial charge in [-0.3, -0.25) is 0 Å². The zero-order valence-electron chi connectivity index (χ0n) is 11.5. The molecule has 0 radical (unpaired) electrons. The number of fused-ring (bicyclic) bond motifs is 1. The van der Waals surface area contributed by atoms with E-state index < -0.39 is 0 Å². The SMILES string of the molecule is C[C@H]1CCC[C@@]2(C)CC[C@@H]3C[C@]12O[C@@]3(C)CO. The molecule has 0 unspecified atom stereocenters. The fourth-order valence-electron chi connectivity index (χ4n) is 5.03. The molecular weight excluding hydrogens is 212 g/mol. The van der Waals surface area contributed by atoms with Gasteiger partial charge in [0.25, 0.3) is 0 Å². The molecule has 2 saturated carbocycles. The molecule has 3 rings (SSSR count). The molecule has 1 N–H and O–H groups in total. The van der Waals surface area contributed by atoms with Crippen LogP contribution in [0.15, 0.2) is 0 Å². The number of aliphatic hydroxyl groups excluding tert-OH is 1. The van der Waals surface area contributed by atoms with E-state index in [1.54, 1.807) is 0 Å². The Morgan fingerprint density at radius 2 is 2.00 bits per heavy atom.